The van der Waals surface area contributed by atoms with Gasteiger partial charge in [-0.3, -0.25) is 0 Å². The fourth-order valence-corrected chi connectivity index (χ4v) is 2.55. The Morgan fingerprint density at radius 3 is 1.67 bits per heavy atom. The van der Waals surface area contributed by atoms with E-state index < -0.39 is 0 Å². The highest BCUT2D eigenvalue weighted by Crippen LogP contribution is 2.09. The lowest BCUT2D eigenvalue weighted by atomic mass is 10.1. The lowest BCUT2D eigenvalue weighted by molar-refractivity contribution is 0.156. The molecule has 0 aromatic heterocycles. The summed E-state index contributed by atoms with van der Waals surface area (Å²) < 4.78 is 5.23. The van der Waals surface area contributed by atoms with Gasteiger partial charge >= 0.3 is 0 Å². The Labute approximate surface area is 134 Å². The first kappa shape index (κ1) is 20.7. The van der Waals surface area contributed by atoms with Crippen LogP contribution in [0.15, 0.2) is 12.2 Å². The summed E-state index contributed by atoms with van der Waals surface area (Å²) in [5.74, 6) is 0. The largest absolute Gasteiger partial charge is 0.381 e. The minimum Gasteiger partial charge on any atom is -0.381 e. The minimum absolute atomic E-state index is 0.616. The molecular formula is C20H39O. The van der Waals surface area contributed by atoms with Crippen LogP contribution in [0.1, 0.15) is 96.8 Å². The molecular weight excluding hydrogens is 256 g/mol. The predicted octanol–water partition coefficient (Wildman–Crippen LogP) is 6.87. The van der Waals surface area contributed by atoms with E-state index in [0.717, 1.165) is 6.61 Å². The van der Waals surface area contributed by atoms with E-state index in [-0.39, 0.29) is 0 Å². The van der Waals surface area contributed by atoms with Gasteiger partial charge in [0.05, 0.1) is 0 Å². The SMILES string of the molecule is [CH2]COCCCCCCCC/C=C\CCCCCCCC. The van der Waals surface area contributed by atoms with Gasteiger partial charge in [-0.25, -0.2) is 0 Å². The molecule has 0 fully saturated rings. The fraction of sp³-hybridized carbons (Fsp3) is 0.850. The van der Waals surface area contributed by atoms with E-state index in [0.29, 0.717) is 6.61 Å². The Balaban J connectivity index is 3.02. The van der Waals surface area contributed by atoms with E-state index in [2.05, 4.69) is 26.0 Å². The van der Waals surface area contributed by atoms with Crippen molar-refractivity contribution in [3.8, 4) is 0 Å². The topological polar surface area (TPSA) is 9.23 Å². The fourth-order valence-electron chi connectivity index (χ4n) is 2.55. The Morgan fingerprint density at radius 2 is 1.14 bits per heavy atom. The predicted molar refractivity (Wildman–Crippen MR) is 95.6 cm³/mol. The van der Waals surface area contributed by atoms with Crippen molar-refractivity contribution in [2.75, 3.05) is 13.2 Å². The second kappa shape index (κ2) is 19.7. The molecule has 0 spiro atoms. The molecule has 0 heterocycles. The molecule has 0 amide bonds. The standard InChI is InChI=1S/C20H39O/c1-3-5-6-7-8-9-10-11-12-13-14-15-16-17-18-19-20-21-4-2/h11-12H,2-10,13-20H2,1H3/b12-11-. The lowest BCUT2D eigenvalue weighted by Gasteiger charge is -2.01. The normalized spacial score (nSPS) is 11.5. The maximum atomic E-state index is 5.23. The average Bonchev–Trinajstić information content (AvgIpc) is 2.50. The summed E-state index contributed by atoms with van der Waals surface area (Å²) in [5, 5.41) is 0. The lowest BCUT2D eigenvalue weighted by Crippen LogP contribution is -1.93. The van der Waals surface area contributed by atoms with E-state index >= 15 is 0 Å². The van der Waals surface area contributed by atoms with Gasteiger partial charge in [-0.1, -0.05) is 76.9 Å². The van der Waals surface area contributed by atoms with Crippen molar-refractivity contribution in [1.82, 2.24) is 0 Å². The Hall–Kier alpha value is -0.300. The highest BCUT2D eigenvalue weighted by Gasteiger charge is 1.91. The number of hydrogen-bond donors (Lipinski definition) is 0. The zero-order valence-corrected chi connectivity index (χ0v) is 14.6. The third kappa shape index (κ3) is 19.7. The summed E-state index contributed by atoms with van der Waals surface area (Å²) in [5.41, 5.74) is 0. The Morgan fingerprint density at radius 1 is 0.667 bits per heavy atom. The van der Waals surface area contributed by atoms with Gasteiger partial charge in [0.25, 0.3) is 0 Å². The number of hydrogen-bond acceptors (Lipinski definition) is 1. The molecule has 0 N–H and O–H groups in total. The first-order valence-electron chi connectivity index (χ1n) is 9.43. The van der Waals surface area contributed by atoms with E-state index in [9.17, 15) is 0 Å². The van der Waals surface area contributed by atoms with Crippen LogP contribution in [0.25, 0.3) is 0 Å². The van der Waals surface area contributed by atoms with Crippen LogP contribution in [0.3, 0.4) is 0 Å². The van der Waals surface area contributed by atoms with Gasteiger partial charge in [0.2, 0.25) is 0 Å². The summed E-state index contributed by atoms with van der Waals surface area (Å²) in [6.45, 7) is 7.46. The van der Waals surface area contributed by atoms with Crippen LogP contribution in [0, 0.1) is 6.92 Å². The number of allylic oxidation sites excluding steroid dienone is 2. The molecule has 21 heavy (non-hydrogen) atoms. The first-order valence-corrected chi connectivity index (χ1v) is 9.43. The summed E-state index contributed by atoms with van der Waals surface area (Å²) in [6.07, 6.45) is 23.8. The second-order valence-corrected chi connectivity index (χ2v) is 6.05. The highest BCUT2D eigenvalue weighted by molar-refractivity contribution is 4.81. The van der Waals surface area contributed by atoms with E-state index in [1.807, 2.05) is 0 Å². The molecule has 0 rings (SSSR count). The van der Waals surface area contributed by atoms with Crippen molar-refractivity contribution >= 4 is 0 Å². The van der Waals surface area contributed by atoms with Crippen LogP contribution in [0.5, 0.6) is 0 Å². The summed E-state index contributed by atoms with van der Waals surface area (Å²) in [7, 11) is 0. The summed E-state index contributed by atoms with van der Waals surface area (Å²) in [6, 6.07) is 0. The number of unbranched alkanes of at least 4 members (excludes halogenated alkanes) is 12. The zero-order valence-electron chi connectivity index (χ0n) is 14.6. The molecule has 1 radical (unpaired) electrons. The molecule has 0 saturated heterocycles. The monoisotopic (exact) mass is 295 g/mol. The molecule has 0 bridgehead atoms. The Kier molecular flexibility index (Phi) is 19.4. The zero-order chi connectivity index (χ0) is 15.4. The van der Waals surface area contributed by atoms with Crippen LogP contribution in [-0.4, -0.2) is 13.2 Å². The van der Waals surface area contributed by atoms with Gasteiger partial charge in [0.15, 0.2) is 0 Å². The molecule has 0 saturated carbocycles. The molecule has 0 aromatic rings. The van der Waals surface area contributed by atoms with E-state index in [4.69, 9.17) is 4.74 Å². The van der Waals surface area contributed by atoms with Crippen LogP contribution >= 0.6 is 0 Å². The third-order valence-corrected chi connectivity index (χ3v) is 3.94. The van der Waals surface area contributed by atoms with Crippen molar-refractivity contribution in [3.05, 3.63) is 19.1 Å². The molecule has 1 nitrogen and oxygen atoms in total. The van der Waals surface area contributed by atoms with Crippen molar-refractivity contribution in [2.24, 2.45) is 0 Å². The second-order valence-electron chi connectivity index (χ2n) is 6.05. The van der Waals surface area contributed by atoms with Gasteiger partial charge in [0.1, 0.15) is 0 Å². The van der Waals surface area contributed by atoms with Gasteiger partial charge < -0.3 is 4.74 Å². The smallest absolute Gasteiger partial charge is 0.0466 e. The van der Waals surface area contributed by atoms with Crippen molar-refractivity contribution in [3.63, 3.8) is 0 Å². The van der Waals surface area contributed by atoms with E-state index in [1.54, 1.807) is 0 Å². The molecule has 0 aliphatic heterocycles. The molecule has 125 valence electrons. The number of rotatable bonds is 17. The molecule has 0 aliphatic rings. The molecule has 0 aromatic carbocycles. The van der Waals surface area contributed by atoms with Crippen molar-refractivity contribution in [2.45, 2.75) is 96.8 Å². The molecule has 0 aliphatic carbocycles. The average molecular weight is 296 g/mol. The van der Waals surface area contributed by atoms with Gasteiger partial charge in [-0.2, -0.15) is 0 Å². The van der Waals surface area contributed by atoms with Crippen molar-refractivity contribution < 1.29 is 4.74 Å². The molecule has 1 heteroatoms. The highest BCUT2D eigenvalue weighted by atomic mass is 16.5. The maximum Gasteiger partial charge on any atom is 0.0466 e. The third-order valence-electron chi connectivity index (χ3n) is 3.94. The quantitative estimate of drug-likeness (QED) is 0.210. The van der Waals surface area contributed by atoms with Crippen LogP contribution in [-0.2, 0) is 4.74 Å². The number of ether oxygens (including phenoxy) is 1. The van der Waals surface area contributed by atoms with Crippen molar-refractivity contribution in [1.29, 1.82) is 0 Å². The van der Waals surface area contributed by atoms with Gasteiger partial charge in [0, 0.05) is 13.2 Å². The minimum atomic E-state index is 0.616. The Bertz CT molecular complexity index is 198. The van der Waals surface area contributed by atoms with Gasteiger partial charge in [-0.05, 0) is 39.0 Å². The van der Waals surface area contributed by atoms with Crippen LogP contribution in [0.4, 0.5) is 0 Å². The van der Waals surface area contributed by atoms with Gasteiger partial charge in [-0.15, -0.1) is 0 Å². The maximum absolute atomic E-state index is 5.23. The van der Waals surface area contributed by atoms with E-state index in [1.165, 1.54) is 89.9 Å². The summed E-state index contributed by atoms with van der Waals surface area (Å²) in [4.78, 5) is 0. The molecule has 0 unspecified atom stereocenters. The first-order chi connectivity index (χ1) is 10.4. The summed E-state index contributed by atoms with van der Waals surface area (Å²) >= 11 is 0. The van der Waals surface area contributed by atoms with Crippen LogP contribution in [0.2, 0.25) is 0 Å². The molecule has 0 atom stereocenters. The van der Waals surface area contributed by atoms with Crippen LogP contribution < -0.4 is 0 Å².